The first-order valence-corrected chi connectivity index (χ1v) is 10.9. The highest BCUT2D eigenvalue weighted by molar-refractivity contribution is 5.94. The number of hydrogen-bond donors (Lipinski definition) is 0. The van der Waals surface area contributed by atoms with Crippen LogP contribution >= 0.6 is 0 Å². The van der Waals surface area contributed by atoms with Crippen LogP contribution in [-0.2, 0) is 26.6 Å². The Morgan fingerprint density at radius 2 is 1.77 bits per heavy atom. The van der Waals surface area contributed by atoms with E-state index in [-0.39, 0.29) is 5.91 Å². The molecule has 4 rings (SSSR count). The zero-order valence-electron chi connectivity index (χ0n) is 18.3. The molecule has 1 saturated heterocycles. The van der Waals surface area contributed by atoms with Crippen molar-refractivity contribution in [3.8, 4) is 5.75 Å². The van der Waals surface area contributed by atoms with Crippen molar-refractivity contribution in [1.82, 2.24) is 19.6 Å². The SMILES string of the molecule is CCc1ccc(OCc2cccc(C(=O)N3CCN(Cc4cnn(C)c4)CC3)c2)cc1. The summed E-state index contributed by atoms with van der Waals surface area (Å²) < 4.78 is 7.73. The summed E-state index contributed by atoms with van der Waals surface area (Å²) in [6, 6.07) is 16.0. The van der Waals surface area contributed by atoms with Gasteiger partial charge >= 0.3 is 0 Å². The van der Waals surface area contributed by atoms with E-state index in [0.717, 1.165) is 56.0 Å². The summed E-state index contributed by atoms with van der Waals surface area (Å²) >= 11 is 0. The average Bonchev–Trinajstić information content (AvgIpc) is 3.22. The predicted octanol–water partition coefficient (Wildman–Crippen LogP) is 3.52. The average molecular weight is 419 g/mol. The van der Waals surface area contributed by atoms with Crippen molar-refractivity contribution in [1.29, 1.82) is 0 Å². The molecule has 0 spiro atoms. The molecular formula is C25H30N4O2. The number of aromatic nitrogens is 2. The number of amides is 1. The van der Waals surface area contributed by atoms with E-state index in [1.807, 2.05) is 65.4 Å². The summed E-state index contributed by atoms with van der Waals surface area (Å²) in [7, 11) is 1.93. The third-order valence-corrected chi connectivity index (χ3v) is 5.74. The molecular weight excluding hydrogens is 388 g/mol. The highest BCUT2D eigenvalue weighted by Crippen LogP contribution is 2.17. The lowest BCUT2D eigenvalue weighted by Crippen LogP contribution is -2.48. The van der Waals surface area contributed by atoms with Gasteiger partial charge in [0, 0.05) is 57.1 Å². The summed E-state index contributed by atoms with van der Waals surface area (Å²) in [5.41, 5.74) is 4.23. The van der Waals surface area contributed by atoms with E-state index in [0.29, 0.717) is 6.61 Å². The number of rotatable bonds is 7. The molecule has 2 heterocycles. The van der Waals surface area contributed by atoms with Crippen molar-refractivity contribution in [2.45, 2.75) is 26.5 Å². The summed E-state index contributed by atoms with van der Waals surface area (Å²) in [5, 5.41) is 4.23. The molecule has 6 heteroatoms. The van der Waals surface area contributed by atoms with Gasteiger partial charge in [0.15, 0.2) is 0 Å². The normalized spacial score (nSPS) is 14.6. The Morgan fingerprint density at radius 1 is 1.00 bits per heavy atom. The van der Waals surface area contributed by atoms with Gasteiger partial charge in [-0.1, -0.05) is 31.2 Å². The third kappa shape index (κ3) is 5.52. The van der Waals surface area contributed by atoms with Crippen LogP contribution in [-0.4, -0.2) is 51.7 Å². The van der Waals surface area contributed by atoms with E-state index in [1.54, 1.807) is 0 Å². The summed E-state index contributed by atoms with van der Waals surface area (Å²) in [6.45, 7) is 6.69. The molecule has 0 saturated carbocycles. The number of piperazine rings is 1. The molecule has 31 heavy (non-hydrogen) atoms. The highest BCUT2D eigenvalue weighted by atomic mass is 16.5. The quantitative estimate of drug-likeness (QED) is 0.589. The zero-order chi connectivity index (χ0) is 21.6. The zero-order valence-corrected chi connectivity index (χ0v) is 18.3. The lowest BCUT2D eigenvalue weighted by atomic mass is 10.1. The first-order valence-electron chi connectivity index (χ1n) is 10.9. The van der Waals surface area contributed by atoms with Crippen LogP contribution in [0.15, 0.2) is 60.9 Å². The third-order valence-electron chi connectivity index (χ3n) is 5.74. The number of ether oxygens (including phenoxy) is 1. The molecule has 1 aromatic heterocycles. The van der Waals surface area contributed by atoms with Crippen LogP contribution in [0.4, 0.5) is 0 Å². The van der Waals surface area contributed by atoms with Gasteiger partial charge in [0.1, 0.15) is 12.4 Å². The van der Waals surface area contributed by atoms with Crippen molar-refractivity contribution in [3.05, 3.63) is 83.2 Å². The summed E-state index contributed by atoms with van der Waals surface area (Å²) in [6.07, 6.45) is 4.97. The Labute approximate surface area is 184 Å². The molecule has 0 aliphatic carbocycles. The molecule has 162 valence electrons. The fraction of sp³-hybridized carbons (Fsp3) is 0.360. The number of hydrogen-bond acceptors (Lipinski definition) is 4. The van der Waals surface area contributed by atoms with Gasteiger partial charge in [-0.15, -0.1) is 0 Å². The van der Waals surface area contributed by atoms with E-state index < -0.39 is 0 Å². The van der Waals surface area contributed by atoms with E-state index >= 15 is 0 Å². The Kier molecular flexibility index (Phi) is 6.67. The molecule has 0 radical (unpaired) electrons. The van der Waals surface area contributed by atoms with Gasteiger partial charge in [0.05, 0.1) is 6.20 Å². The number of benzene rings is 2. The lowest BCUT2D eigenvalue weighted by Gasteiger charge is -2.34. The minimum atomic E-state index is 0.0928. The van der Waals surface area contributed by atoms with Crippen molar-refractivity contribution in [2.75, 3.05) is 26.2 Å². The van der Waals surface area contributed by atoms with Crippen molar-refractivity contribution < 1.29 is 9.53 Å². The smallest absolute Gasteiger partial charge is 0.253 e. The van der Waals surface area contributed by atoms with Crippen LogP contribution in [0.25, 0.3) is 0 Å². The van der Waals surface area contributed by atoms with Gasteiger partial charge in [0.2, 0.25) is 0 Å². The molecule has 0 unspecified atom stereocenters. The van der Waals surface area contributed by atoms with Crippen LogP contribution in [0.2, 0.25) is 0 Å². The Bertz CT molecular complexity index is 1000. The van der Waals surface area contributed by atoms with E-state index in [9.17, 15) is 4.79 Å². The Balaban J connectivity index is 1.30. The van der Waals surface area contributed by atoms with Crippen molar-refractivity contribution >= 4 is 5.91 Å². The van der Waals surface area contributed by atoms with E-state index in [4.69, 9.17) is 4.74 Å². The van der Waals surface area contributed by atoms with Crippen LogP contribution in [0, 0.1) is 0 Å². The standard InChI is InChI=1S/C25H30N4O2/c1-3-20-7-9-24(10-8-20)31-19-21-5-4-6-23(15-21)25(30)29-13-11-28(12-14-29)18-22-16-26-27(2)17-22/h4-10,15-17H,3,11-14,18-19H2,1-2H3. The molecule has 6 nitrogen and oxygen atoms in total. The number of carbonyl (C=O) groups is 1. The minimum absolute atomic E-state index is 0.0928. The first kappa shape index (κ1) is 21.1. The van der Waals surface area contributed by atoms with Gasteiger partial charge in [-0.2, -0.15) is 5.10 Å². The molecule has 0 N–H and O–H groups in total. The summed E-state index contributed by atoms with van der Waals surface area (Å²) in [5.74, 6) is 0.939. The van der Waals surface area contributed by atoms with Crippen molar-refractivity contribution in [3.63, 3.8) is 0 Å². The second-order valence-corrected chi connectivity index (χ2v) is 8.08. The van der Waals surface area contributed by atoms with E-state index in [1.165, 1.54) is 11.1 Å². The number of carbonyl (C=O) groups excluding carboxylic acids is 1. The number of aryl methyl sites for hydroxylation is 2. The molecule has 0 bridgehead atoms. The molecule has 3 aromatic rings. The fourth-order valence-electron chi connectivity index (χ4n) is 3.89. The van der Waals surface area contributed by atoms with Gasteiger partial charge < -0.3 is 9.64 Å². The largest absolute Gasteiger partial charge is 0.489 e. The molecule has 1 aliphatic rings. The van der Waals surface area contributed by atoms with E-state index in [2.05, 4.69) is 29.1 Å². The minimum Gasteiger partial charge on any atom is -0.489 e. The lowest BCUT2D eigenvalue weighted by molar-refractivity contribution is 0.0628. The van der Waals surface area contributed by atoms with Gasteiger partial charge in [0.25, 0.3) is 5.91 Å². The number of nitrogens with zero attached hydrogens (tertiary/aromatic N) is 4. The fourth-order valence-corrected chi connectivity index (χ4v) is 3.89. The highest BCUT2D eigenvalue weighted by Gasteiger charge is 2.22. The Morgan fingerprint density at radius 3 is 2.45 bits per heavy atom. The second-order valence-electron chi connectivity index (χ2n) is 8.08. The molecule has 0 atom stereocenters. The van der Waals surface area contributed by atoms with Crippen LogP contribution in [0.1, 0.15) is 34.0 Å². The molecule has 1 amide bonds. The second kappa shape index (κ2) is 9.79. The van der Waals surface area contributed by atoms with Crippen molar-refractivity contribution in [2.24, 2.45) is 7.05 Å². The molecule has 1 aliphatic heterocycles. The first-order chi connectivity index (χ1) is 15.1. The topological polar surface area (TPSA) is 50.6 Å². The maximum Gasteiger partial charge on any atom is 0.253 e. The summed E-state index contributed by atoms with van der Waals surface area (Å²) in [4.78, 5) is 17.3. The van der Waals surface area contributed by atoms with Gasteiger partial charge in [-0.25, -0.2) is 0 Å². The van der Waals surface area contributed by atoms with Crippen LogP contribution in [0.3, 0.4) is 0 Å². The molecule has 1 fully saturated rings. The van der Waals surface area contributed by atoms with Crippen LogP contribution < -0.4 is 4.74 Å². The van der Waals surface area contributed by atoms with Gasteiger partial charge in [-0.3, -0.25) is 14.4 Å². The Hall–Kier alpha value is -3.12. The van der Waals surface area contributed by atoms with Gasteiger partial charge in [-0.05, 0) is 41.8 Å². The van der Waals surface area contributed by atoms with Crippen LogP contribution in [0.5, 0.6) is 5.75 Å². The molecule has 2 aromatic carbocycles. The maximum atomic E-state index is 13.0. The predicted molar refractivity (Wildman–Crippen MR) is 121 cm³/mol. The monoisotopic (exact) mass is 418 g/mol. The maximum absolute atomic E-state index is 13.0.